The van der Waals surface area contributed by atoms with E-state index >= 15 is 0 Å². The van der Waals surface area contributed by atoms with Crippen LogP contribution in [0.4, 0.5) is 23.2 Å². The number of aromatic nitrogens is 2. The average Bonchev–Trinajstić information content (AvgIpc) is 2.82. The highest BCUT2D eigenvalue weighted by Gasteiger charge is 2.41. The van der Waals surface area contributed by atoms with E-state index in [2.05, 4.69) is 5.10 Å². The lowest BCUT2D eigenvalue weighted by Gasteiger charge is -2.35. The molecule has 134 valence electrons. The van der Waals surface area contributed by atoms with Crippen LogP contribution in [0.1, 0.15) is 35.1 Å². The van der Waals surface area contributed by atoms with Crippen LogP contribution in [0.25, 0.3) is 0 Å². The predicted octanol–water partition coefficient (Wildman–Crippen LogP) is 4.21. The minimum absolute atomic E-state index is 0.272. The van der Waals surface area contributed by atoms with Gasteiger partial charge in [0.15, 0.2) is 5.69 Å². The topological polar surface area (TPSA) is 38.1 Å². The molecule has 1 aromatic heterocycles. The molecule has 0 saturated carbocycles. The third-order valence-electron chi connectivity index (χ3n) is 4.25. The largest absolute Gasteiger partial charge is 0.436 e. The molecule has 9 heteroatoms. The minimum atomic E-state index is -4.76. The molecular formula is C16H14ClF4N3O. The Balaban J connectivity index is 2.09. The molecule has 0 bridgehead atoms. The SMILES string of the molecule is C[C@@H]1CCc2cc(F)ccc2N1C(=O)c1c(Cl)c(C(F)(F)F)nn1C. The normalized spacial score (nSPS) is 17.6. The van der Waals surface area contributed by atoms with Crippen LogP contribution in [0.3, 0.4) is 0 Å². The molecule has 1 aromatic carbocycles. The van der Waals surface area contributed by atoms with E-state index in [1.54, 1.807) is 6.92 Å². The molecule has 1 aliphatic heterocycles. The molecule has 0 radical (unpaired) electrons. The first-order valence-electron chi connectivity index (χ1n) is 7.53. The molecule has 0 spiro atoms. The van der Waals surface area contributed by atoms with Crippen molar-refractivity contribution < 1.29 is 22.4 Å². The summed E-state index contributed by atoms with van der Waals surface area (Å²) in [5.74, 6) is -1.13. The molecule has 1 atom stereocenters. The van der Waals surface area contributed by atoms with Crippen molar-refractivity contribution >= 4 is 23.2 Å². The fourth-order valence-electron chi connectivity index (χ4n) is 3.06. The zero-order chi connectivity index (χ0) is 18.5. The summed E-state index contributed by atoms with van der Waals surface area (Å²) >= 11 is 5.82. The molecule has 0 fully saturated rings. The molecular weight excluding hydrogens is 362 g/mol. The van der Waals surface area contributed by atoms with Crippen molar-refractivity contribution in [2.24, 2.45) is 7.05 Å². The summed E-state index contributed by atoms with van der Waals surface area (Å²) in [4.78, 5) is 14.3. The fraction of sp³-hybridized carbons (Fsp3) is 0.375. The fourth-order valence-corrected chi connectivity index (χ4v) is 3.40. The first-order chi connectivity index (χ1) is 11.6. The molecule has 2 heterocycles. The van der Waals surface area contributed by atoms with Crippen molar-refractivity contribution in [1.82, 2.24) is 9.78 Å². The number of fused-ring (bicyclic) bond motifs is 1. The molecule has 1 amide bonds. The molecule has 3 rings (SSSR count). The maximum absolute atomic E-state index is 13.4. The molecule has 0 N–H and O–H groups in total. The van der Waals surface area contributed by atoms with E-state index in [0.29, 0.717) is 24.1 Å². The lowest BCUT2D eigenvalue weighted by atomic mass is 9.96. The van der Waals surface area contributed by atoms with Gasteiger partial charge in [-0.2, -0.15) is 18.3 Å². The third kappa shape index (κ3) is 2.99. The van der Waals surface area contributed by atoms with Gasteiger partial charge in [-0.25, -0.2) is 4.39 Å². The number of anilines is 1. The Morgan fingerprint density at radius 1 is 1.36 bits per heavy atom. The standard InChI is InChI=1S/C16H14ClF4N3O/c1-8-3-4-9-7-10(18)5-6-11(9)24(8)15(25)13-12(17)14(16(19,20)21)22-23(13)2/h5-8H,3-4H2,1-2H3/t8-/m1/s1. The van der Waals surface area contributed by atoms with Crippen LogP contribution in [-0.2, 0) is 19.6 Å². The molecule has 0 unspecified atom stereocenters. The van der Waals surface area contributed by atoms with E-state index in [4.69, 9.17) is 11.6 Å². The Labute approximate surface area is 146 Å². The van der Waals surface area contributed by atoms with Gasteiger partial charge in [-0.1, -0.05) is 11.6 Å². The van der Waals surface area contributed by atoms with Crippen LogP contribution in [-0.4, -0.2) is 21.7 Å². The number of benzene rings is 1. The highest BCUT2D eigenvalue weighted by molar-refractivity contribution is 6.35. The van der Waals surface area contributed by atoms with E-state index in [-0.39, 0.29) is 11.7 Å². The number of hydrogen-bond acceptors (Lipinski definition) is 2. The number of carbonyl (C=O) groups excluding carboxylic acids is 1. The van der Waals surface area contributed by atoms with Gasteiger partial charge >= 0.3 is 6.18 Å². The highest BCUT2D eigenvalue weighted by Crippen LogP contribution is 2.38. The second kappa shape index (κ2) is 6.01. The Morgan fingerprint density at radius 3 is 2.64 bits per heavy atom. The number of rotatable bonds is 1. The lowest BCUT2D eigenvalue weighted by molar-refractivity contribution is -0.141. The number of aryl methyl sites for hydroxylation is 2. The van der Waals surface area contributed by atoms with E-state index in [1.807, 2.05) is 0 Å². The second-order valence-corrected chi connectivity index (χ2v) is 6.35. The highest BCUT2D eigenvalue weighted by atomic mass is 35.5. The third-order valence-corrected chi connectivity index (χ3v) is 4.61. The van der Waals surface area contributed by atoms with Gasteiger partial charge in [-0.3, -0.25) is 9.48 Å². The first kappa shape index (κ1) is 17.7. The Hall–Kier alpha value is -2.09. The summed E-state index contributed by atoms with van der Waals surface area (Å²) in [6.07, 6.45) is -3.63. The van der Waals surface area contributed by atoms with Gasteiger partial charge in [-0.05, 0) is 43.5 Å². The molecule has 2 aromatic rings. The van der Waals surface area contributed by atoms with Crippen LogP contribution in [0.15, 0.2) is 18.2 Å². The summed E-state index contributed by atoms with van der Waals surface area (Å²) in [5.41, 5.74) is -0.557. The summed E-state index contributed by atoms with van der Waals surface area (Å²) in [6, 6.07) is 3.72. The summed E-state index contributed by atoms with van der Waals surface area (Å²) < 4.78 is 53.2. The van der Waals surface area contributed by atoms with Crippen LogP contribution in [0.2, 0.25) is 5.02 Å². The van der Waals surface area contributed by atoms with Crippen molar-refractivity contribution in [3.05, 3.63) is 46.0 Å². The van der Waals surface area contributed by atoms with Crippen LogP contribution in [0.5, 0.6) is 0 Å². The van der Waals surface area contributed by atoms with Crippen molar-refractivity contribution in [3.8, 4) is 0 Å². The molecule has 4 nitrogen and oxygen atoms in total. The minimum Gasteiger partial charge on any atom is -0.304 e. The van der Waals surface area contributed by atoms with E-state index in [1.165, 1.54) is 30.1 Å². The number of carbonyl (C=O) groups is 1. The summed E-state index contributed by atoms with van der Waals surface area (Å²) in [5, 5.41) is 2.61. The van der Waals surface area contributed by atoms with Crippen LogP contribution < -0.4 is 4.90 Å². The molecule has 0 saturated heterocycles. The predicted molar refractivity (Wildman–Crippen MR) is 84.2 cm³/mol. The second-order valence-electron chi connectivity index (χ2n) is 5.97. The van der Waals surface area contributed by atoms with Crippen molar-refractivity contribution in [2.75, 3.05) is 4.90 Å². The number of halogens is 5. The van der Waals surface area contributed by atoms with Gasteiger partial charge in [0, 0.05) is 18.8 Å². The number of amides is 1. The van der Waals surface area contributed by atoms with Crippen molar-refractivity contribution in [2.45, 2.75) is 32.0 Å². The summed E-state index contributed by atoms with van der Waals surface area (Å²) in [6.45, 7) is 1.78. The molecule has 0 aliphatic carbocycles. The van der Waals surface area contributed by atoms with Crippen molar-refractivity contribution in [1.29, 1.82) is 0 Å². The molecule has 1 aliphatic rings. The number of nitrogens with zero attached hydrogens (tertiary/aromatic N) is 3. The van der Waals surface area contributed by atoms with Gasteiger partial charge in [-0.15, -0.1) is 0 Å². The molecule has 25 heavy (non-hydrogen) atoms. The summed E-state index contributed by atoms with van der Waals surface area (Å²) in [7, 11) is 1.23. The lowest BCUT2D eigenvalue weighted by Crippen LogP contribution is -2.43. The van der Waals surface area contributed by atoms with Gasteiger partial charge in [0.2, 0.25) is 0 Å². The monoisotopic (exact) mass is 375 g/mol. The van der Waals surface area contributed by atoms with Crippen LogP contribution in [0, 0.1) is 5.82 Å². The number of hydrogen-bond donors (Lipinski definition) is 0. The van der Waals surface area contributed by atoms with Gasteiger partial charge < -0.3 is 4.90 Å². The zero-order valence-corrected chi connectivity index (χ0v) is 14.1. The van der Waals surface area contributed by atoms with Gasteiger partial charge in [0.1, 0.15) is 16.5 Å². The maximum atomic E-state index is 13.4. The van der Waals surface area contributed by atoms with Crippen LogP contribution >= 0.6 is 11.6 Å². The Bertz CT molecular complexity index is 847. The quantitative estimate of drug-likeness (QED) is 0.700. The maximum Gasteiger partial charge on any atom is 0.436 e. The Morgan fingerprint density at radius 2 is 2.04 bits per heavy atom. The van der Waals surface area contributed by atoms with E-state index in [0.717, 1.165) is 4.68 Å². The average molecular weight is 376 g/mol. The first-order valence-corrected chi connectivity index (χ1v) is 7.90. The number of alkyl halides is 3. The van der Waals surface area contributed by atoms with Crippen molar-refractivity contribution in [3.63, 3.8) is 0 Å². The Kier molecular flexibility index (Phi) is 4.26. The smallest absolute Gasteiger partial charge is 0.304 e. The van der Waals surface area contributed by atoms with Gasteiger partial charge in [0.25, 0.3) is 5.91 Å². The zero-order valence-electron chi connectivity index (χ0n) is 13.4. The van der Waals surface area contributed by atoms with Gasteiger partial charge in [0.05, 0.1) is 0 Å². The van der Waals surface area contributed by atoms with E-state index in [9.17, 15) is 22.4 Å². The van der Waals surface area contributed by atoms with E-state index < -0.39 is 28.6 Å².